The number of nitrogens with one attached hydrogen (secondary N) is 1. The molecule has 0 radical (unpaired) electrons. The molecule has 1 aromatic heterocycles. The van der Waals surface area contributed by atoms with Crippen molar-refractivity contribution in [3.05, 3.63) is 35.6 Å². The SMILES string of the molecule is Cc1ccc(-c2nc(OC3CCCC(CC4SC(=O)NC4=O)C3)c(C)o2)cc1. The van der Waals surface area contributed by atoms with E-state index in [1.54, 1.807) is 0 Å². The summed E-state index contributed by atoms with van der Waals surface area (Å²) in [6.45, 7) is 3.91. The van der Waals surface area contributed by atoms with Crippen LogP contribution in [-0.4, -0.2) is 27.5 Å². The van der Waals surface area contributed by atoms with Crippen LogP contribution >= 0.6 is 11.8 Å². The van der Waals surface area contributed by atoms with Crippen LogP contribution in [0.5, 0.6) is 5.88 Å². The first-order valence-electron chi connectivity index (χ1n) is 9.70. The number of nitrogens with zero attached hydrogens (tertiary/aromatic N) is 1. The van der Waals surface area contributed by atoms with Crippen LogP contribution in [0.15, 0.2) is 28.7 Å². The van der Waals surface area contributed by atoms with Crippen LogP contribution in [0, 0.1) is 19.8 Å². The van der Waals surface area contributed by atoms with E-state index in [0.717, 1.165) is 43.0 Å². The Hall–Kier alpha value is -2.28. The van der Waals surface area contributed by atoms with Gasteiger partial charge in [-0.2, -0.15) is 4.98 Å². The summed E-state index contributed by atoms with van der Waals surface area (Å²) in [5, 5.41) is 1.87. The van der Waals surface area contributed by atoms with Gasteiger partial charge in [-0.15, -0.1) is 0 Å². The number of ether oxygens (including phenoxy) is 1. The average molecular weight is 401 g/mol. The molecular weight excluding hydrogens is 376 g/mol. The van der Waals surface area contributed by atoms with Crippen molar-refractivity contribution in [2.75, 3.05) is 0 Å². The zero-order chi connectivity index (χ0) is 19.7. The molecule has 6 nitrogen and oxygen atoms in total. The fraction of sp³-hybridized carbons (Fsp3) is 0.476. The molecule has 1 saturated heterocycles. The first-order valence-corrected chi connectivity index (χ1v) is 10.6. The molecule has 7 heteroatoms. The fourth-order valence-corrected chi connectivity index (χ4v) is 4.84. The monoisotopic (exact) mass is 400 g/mol. The molecule has 148 valence electrons. The molecule has 2 aliphatic rings. The van der Waals surface area contributed by atoms with E-state index in [9.17, 15) is 9.59 Å². The molecule has 3 unspecified atom stereocenters. The Labute approximate surface area is 168 Å². The van der Waals surface area contributed by atoms with Crippen LogP contribution in [0.25, 0.3) is 11.5 Å². The third-order valence-electron chi connectivity index (χ3n) is 5.38. The van der Waals surface area contributed by atoms with Crippen molar-refractivity contribution in [1.29, 1.82) is 0 Å². The van der Waals surface area contributed by atoms with E-state index >= 15 is 0 Å². The summed E-state index contributed by atoms with van der Waals surface area (Å²) >= 11 is 1.11. The molecule has 1 saturated carbocycles. The Kier molecular flexibility index (Phi) is 5.44. The maximum atomic E-state index is 11.8. The second-order valence-corrected chi connectivity index (χ2v) is 8.81. The van der Waals surface area contributed by atoms with Crippen molar-refractivity contribution >= 4 is 22.9 Å². The number of benzene rings is 1. The molecule has 2 aromatic rings. The molecular formula is C21H24N2O4S. The molecule has 28 heavy (non-hydrogen) atoms. The molecule has 2 fully saturated rings. The second kappa shape index (κ2) is 7.99. The maximum absolute atomic E-state index is 11.8. The van der Waals surface area contributed by atoms with Gasteiger partial charge in [0.15, 0.2) is 5.76 Å². The van der Waals surface area contributed by atoms with E-state index in [2.05, 4.69) is 10.3 Å². The Morgan fingerprint density at radius 2 is 2.00 bits per heavy atom. The predicted octanol–water partition coefficient (Wildman–Crippen LogP) is 4.64. The Balaban J connectivity index is 1.39. The van der Waals surface area contributed by atoms with Crippen molar-refractivity contribution < 1.29 is 18.7 Å². The molecule has 1 aromatic carbocycles. The molecule has 4 rings (SSSR count). The lowest BCUT2D eigenvalue weighted by Gasteiger charge is -2.29. The Morgan fingerprint density at radius 1 is 1.21 bits per heavy atom. The van der Waals surface area contributed by atoms with Gasteiger partial charge in [-0.25, -0.2) is 0 Å². The number of hydrogen-bond donors (Lipinski definition) is 1. The number of carbonyl (C=O) groups is 2. The number of aryl methyl sites for hydroxylation is 2. The number of aromatic nitrogens is 1. The average Bonchev–Trinajstić information content (AvgIpc) is 3.17. The van der Waals surface area contributed by atoms with Crippen molar-refractivity contribution in [1.82, 2.24) is 10.3 Å². The summed E-state index contributed by atoms with van der Waals surface area (Å²) in [6, 6.07) is 8.05. The third-order valence-corrected chi connectivity index (χ3v) is 6.39. The predicted molar refractivity (Wildman–Crippen MR) is 107 cm³/mol. The summed E-state index contributed by atoms with van der Waals surface area (Å²) in [6.07, 6.45) is 4.71. The Morgan fingerprint density at radius 3 is 2.71 bits per heavy atom. The van der Waals surface area contributed by atoms with Crippen LogP contribution in [0.2, 0.25) is 0 Å². The van der Waals surface area contributed by atoms with Gasteiger partial charge in [0.2, 0.25) is 11.8 Å². The molecule has 2 heterocycles. The van der Waals surface area contributed by atoms with Gasteiger partial charge in [0.05, 0.1) is 5.25 Å². The first kappa shape index (κ1) is 19.1. The molecule has 0 bridgehead atoms. The zero-order valence-electron chi connectivity index (χ0n) is 16.1. The normalized spacial score (nSPS) is 25.0. The van der Waals surface area contributed by atoms with E-state index in [-0.39, 0.29) is 22.5 Å². The lowest BCUT2D eigenvalue weighted by Crippen LogP contribution is -2.30. The fourth-order valence-electron chi connectivity index (χ4n) is 3.88. The minimum Gasteiger partial charge on any atom is -0.472 e. The summed E-state index contributed by atoms with van der Waals surface area (Å²) in [7, 11) is 0. The minimum absolute atomic E-state index is 0.0542. The largest absolute Gasteiger partial charge is 0.472 e. The van der Waals surface area contributed by atoms with Gasteiger partial charge in [0.25, 0.3) is 11.1 Å². The number of thioether (sulfide) groups is 1. The number of imide groups is 1. The van der Waals surface area contributed by atoms with Crippen LogP contribution in [0.3, 0.4) is 0 Å². The highest BCUT2D eigenvalue weighted by atomic mass is 32.2. The van der Waals surface area contributed by atoms with E-state index in [1.807, 2.05) is 38.1 Å². The summed E-state index contributed by atoms with van der Waals surface area (Å²) in [5.41, 5.74) is 2.12. The van der Waals surface area contributed by atoms with Crippen LogP contribution in [0.1, 0.15) is 43.4 Å². The van der Waals surface area contributed by atoms with Crippen molar-refractivity contribution in [3.8, 4) is 17.3 Å². The number of carbonyl (C=O) groups excluding carboxylic acids is 2. The van der Waals surface area contributed by atoms with Gasteiger partial charge in [-0.3, -0.25) is 14.9 Å². The van der Waals surface area contributed by atoms with Crippen LogP contribution in [0.4, 0.5) is 4.79 Å². The topological polar surface area (TPSA) is 81.4 Å². The zero-order valence-corrected chi connectivity index (χ0v) is 16.9. The van der Waals surface area contributed by atoms with Gasteiger partial charge >= 0.3 is 0 Å². The number of oxazole rings is 1. The second-order valence-electron chi connectivity index (χ2n) is 7.64. The van der Waals surface area contributed by atoms with Gasteiger partial charge in [-0.1, -0.05) is 35.9 Å². The molecule has 1 N–H and O–H groups in total. The number of amides is 2. The number of rotatable bonds is 5. The number of hydrogen-bond acceptors (Lipinski definition) is 6. The Bertz CT molecular complexity index is 877. The van der Waals surface area contributed by atoms with Crippen molar-refractivity contribution in [3.63, 3.8) is 0 Å². The maximum Gasteiger partial charge on any atom is 0.286 e. The van der Waals surface area contributed by atoms with Crippen LogP contribution in [-0.2, 0) is 4.79 Å². The van der Waals surface area contributed by atoms with Crippen molar-refractivity contribution in [2.45, 2.75) is 57.3 Å². The molecule has 1 aliphatic heterocycles. The standard InChI is InChI=1S/C21H24N2O4S/c1-12-6-8-15(9-7-12)20-23-19(13(2)26-20)27-16-5-3-4-14(10-16)11-17-18(24)22-21(25)28-17/h6-9,14,16-17H,3-5,10-11H2,1-2H3,(H,22,24,25). The minimum atomic E-state index is -0.266. The van der Waals surface area contributed by atoms with E-state index in [0.29, 0.717) is 29.9 Å². The molecule has 0 spiro atoms. The summed E-state index contributed by atoms with van der Waals surface area (Å²) in [4.78, 5) is 27.8. The highest BCUT2D eigenvalue weighted by Gasteiger charge is 2.35. The molecule has 1 aliphatic carbocycles. The van der Waals surface area contributed by atoms with Crippen LogP contribution < -0.4 is 10.1 Å². The third kappa shape index (κ3) is 4.24. The van der Waals surface area contributed by atoms with Crippen molar-refractivity contribution in [2.24, 2.45) is 5.92 Å². The van der Waals surface area contributed by atoms with E-state index in [1.165, 1.54) is 5.56 Å². The van der Waals surface area contributed by atoms with E-state index < -0.39 is 0 Å². The highest BCUT2D eigenvalue weighted by Crippen LogP contribution is 2.35. The van der Waals surface area contributed by atoms with Gasteiger partial charge in [-0.05, 0) is 57.6 Å². The van der Waals surface area contributed by atoms with Gasteiger partial charge in [0.1, 0.15) is 6.10 Å². The van der Waals surface area contributed by atoms with Gasteiger partial charge in [0, 0.05) is 5.56 Å². The smallest absolute Gasteiger partial charge is 0.286 e. The highest BCUT2D eigenvalue weighted by molar-refractivity contribution is 8.15. The lowest BCUT2D eigenvalue weighted by molar-refractivity contribution is -0.119. The lowest BCUT2D eigenvalue weighted by atomic mass is 9.84. The van der Waals surface area contributed by atoms with Gasteiger partial charge < -0.3 is 9.15 Å². The summed E-state index contributed by atoms with van der Waals surface area (Å²) < 4.78 is 12.0. The summed E-state index contributed by atoms with van der Waals surface area (Å²) in [5.74, 6) is 2.00. The quantitative estimate of drug-likeness (QED) is 0.787. The molecule has 3 atom stereocenters. The molecule has 2 amide bonds. The van der Waals surface area contributed by atoms with E-state index in [4.69, 9.17) is 9.15 Å². The first-order chi connectivity index (χ1) is 13.5.